The molecule has 0 amide bonds. The van der Waals surface area contributed by atoms with Gasteiger partial charge >= 0.3 is 0 Å². The second-order valence-corrected chi connectivity index (χ2v) is 7.99. The van der Waals surface area contributed by atoms with Gasteiger partial charge in [0, 0.05) is 37.6 Å². The quantitative estimate of drug-likeness (QED) is 0.253. The van der Waals surface area contributed by atoms with Gasteiger partial charge in [-0.25, -0.2) is 15.0 Å². The summed E-state index contributed by atoms with van der Waals surface area (Å²) in [5, 5.41) is 8.69. The van der Waals surface area contributed by atoms with E-state index in [1.807, 2.05) is 48.6 Å². The van der Waals surface area contributed by atoms with E-state index in [0.717, 1.165) is 56.2 Å². The van der Waals surface area contributed by atoms with Crippen LogP contribution in [0.1, 0.15) is 31.9 Å². The highest BCUT2D eigenvalue weighted by molar-refractivity contribution is 5.62. The zero-order valence-corrected chi connectivity index (χ0v) is 21.3. The lowest BCUT2D eigenvalue weighted by Crippen LogP contribution is -2.36. The molecule has 3 rings (SSSR count). The molecule has 6 heteroatoms. The van der Waals surface area contributed by atoms with Gasteiger partial charge in [0.2, 0.25) is 0 Å². The van der Waals surface area contributed by atoms with Gasteiger partial charge in [-0.1, -0.05) is 42.5 Å². The maximum Gasteiger partial charge on any atom is 0.262 e. The molecule has 6 nitrogen and oxygen atoms in total. The van der Waals surface area contributed by atoms with Gasteiger partial charge in [0.15, 0.2) is 5.70 Å². The molecule has 1 aliphatic heterocycles. The molecule has 0 unspecified atom stereocenters. The van der Waals surface area contributed by atoms with Gasteiger partial charge < -0.3 is 14.5 Å². The molecule has 2 aromatic carbocycles. The minimum absolute atomic E-state index is 0.106. The van der Waals surface area contributed by atoms with Crippen molar-refractivity contribution >= 4 is 23.5 Å². The Morgan fingerprint density at radius 1 is 1.00 bits per heavy atom. The summed E-state index contributed by atoms with van der Waals surface area (Å²) >= 11 is 0. The van der Waals surface area contributed by atoms with E-state index in [1.165, 1.54) is 5.69 Å². The number of nitrogens with zero attached hydrogens (tertiary/aromatic N) is 5. The molecule has 0 N–H and O–H groups in total. The molecular formula is C30H33N5O. The van der Waals surface area contributed by atoms with Crippen molar-refractivity contribution in [1.82, 2.24) is 0 Å². The summed E-state index contributed by atoms with van der Waals surface area (Å²) in [4.78, 5) is 11.0. The van der Waals surface area contributed by atoms with Gasteiger partial charge in [0.1, 0.15) is 0 Å². The van der Waals surface area contributed by atoms with Crippen LogP contribution in [0.25, 0.3) is 21.8 Å². The molecule has 1 saturated heterocycles. The van der Waals surface area contributed by atoms with E-state index in [2.05, 4.69) is 57.6 Å². The van der Waals surface area contributed by atoms with E-state index in [0.29, 0.717) is 5.70 Å². The summed E-state index contributed by atoms with van der Waals surface area (Å²) in [5.41, 5.74) is 5.24. The Kier molecular flexibility index (Phi) is 12.1. The topological polar surface area (TPSA) is 48.2 Å². The molecule has 1 aliphatic rings. The number of hydrogen-bond acceptors (Lipinski definition) is 4. The predicted octanol–water partition coefficient (Wildman–Crippen LogP) is 6.68. The van der Waals surface area contributed by atoms with Crippen molar-refractivity contribution in [3.05, 3.63) is 106 Å². The lowest BCUT2D eigenvalue weighted by atomic mass is 10.1. The molecule has 0 aromatic heterocycles. The predicted molar refractivity (Wildman–Crippen MR) is 149 cm³/mol. The Balaban J connectivity index is 0.000000254. The van der Waals surface area contributed by atoms with Crippen molar-refractivity contribution < 1.29 is 4.74 Å². The van der Waals surface area contributed by atoms with E-state index in [9.17, 15) is 0 Å². The van der Waals surface area contributed by atoms with E-state index in [1.54, 1.807) is 13.0 Å². The number of ether oxygens (including phenoxy) is 1. The number of morpholine rings is 1. The van der Waals surface area contributed by atoms with Gasteiger partial charge in [-0.15, -0.1) is 0 Å². The van der Waals surface area contributed by atoms with Gasteiger partial charge in [-0.3, -0.25) is 0 Å². The first kappa shape index (κ1) is 27.9. The van der Waals surface area contributed by atoms with Crippen LogP contribution in [0.2, 0.25) is 0 Å². The minimum atomic E-state index is 0.106. The van der Waals surface area contributed by atoms with Crippen molar-refractivity contribution in [3.63, 3.8) is 0 Å². The average molecular weight is 480 g/mol. The van der Waals surface area contributed by atoms with E-state index < -0.39 is 0 Å². The van der Waals surface area contributed by atoms with Crippen LogP contribution in [-0.2, 0) is 4.74 Å². The highest BCUT2D eigenvalue weighted by Crippen LogP contribution is 2.18. The van der Waals surface area contributed by atoms with Crippen molar-refractivity contribution in [3.8, 4) is 6.07 Å². The Bertz CT molecular complexity index is 1150. The summed E-state index contributed by atoms with van der Waals surface area (Å²) in [6.07, 6.45) is 7.35. The number of rotatable bonds is 7. The van der Waals surface area contributed by atoms with Crippen molar-refractivity contribution in [2.24, 2.45) is 0 Å². The standard InChI is InChI=1S/C16H20N2.C14H13N3O/c1-5-18(6-2)16-12-10-15(11-13-16)9-7-8-14(3)17-4;1-16-13(11-15)10-12-2-4-14(5-3-12)17-6-8-18-9-7-17/h7-13H,5-6H2,1-3H3;2-5,10H,6-9H2/b9-7+,14-8-;13-10-. The van der Waals surface area contributed by atoms with Gasteiger partial charge in [0.25, 0.3) is 5.70 Å². The van der Waals surface area contributed by atoms with Gasteiger partial charge in [-0.05, 0) is 62.2 Å². The molecule has 0 aliphatic carbocycles. The van der Waals surface area contributed by atoms with Crippen LogP contribution in [0.15, 0.2) is 72.1 Å². The third-order valence-electron chi connectivity index (χ3n) is 5.63. The molecule has 0 spiro atoms. The normalized spacial score (nSPS) is 13.7. The number of anilines is 2. The average Bonchev–Trinajstić information content (AvgIpc) is 2.94. The summed E-state index contributed by atoms with van der Waals surface area (Å²) < 4.78 is 5.31. The third kappa shape index (κ3) is 9.15. The van der Waals surface area contributed by atoms with Crippen LogP contribution in [0.4, 0.5) is 11.4 Å². The lowest BCUT2D eigenvalue weighted by Gasteiger charge is -2.28. The van der Waals surface area contributed by atoms with Crippen LogP contribution in [0.5, 0.6) is 0 Å². The van der Waals surface area contributed by atoms with Crippen LogP contribution < -0.4 is 9.80 Å². The molecule has 0 radical (unpaired) electrons. The number of benzene rings is 2. The van der Waals surface area contributed by atoms with E-state index >= 15 is 0 Å². The van der Waals surface area contributed by atoms with Crippen LogP contribution in [-0.4, -0.2) is 39.4 Å². The number of hydrogen-bond donors (Lipinski definition) is 0. The maximum absolute atomic E-state index is 8.69. The summed E-state index contributed by atoms with van der Waals surface area (Å²) in [5.74, 6) is 0. The van der Waals surface area contributed by atoms with Crippen LogP contribution in [0.3, 0.4) is 0 Å². The third-order valence-corrected chi connectivity index (χ3v) is 5.63. The molecule has 36 heavy (non-hydrogen) atoms. The van der Waals surface area contributed by atoms with Gasteiger partial charge in [-0.2, -0.15) is 0 Å². The molecule has 1 fully saturated rings. The molecule has 0 bridgehead atoms. The first-order valence-electron chi connectivity index (χ1n) is 12.0. The molecule has 1 heterocycles. The zero-order chi connectivity index (χ0) is 26.2. The summed E-state index contributed by atoms with van der Waals surface area (Å²) in [6, 6.07) is 18.2. The Morgan fingerprint density at radius 2 is 1.61 bits per heavy atom. The zero-order valence-electron chi connectivity index (χ0n) is 21.3. The SMILES string of the molecule is [C-]#[N+]/C(C#N)=C\c1ccc(N2CCOCC2)cc1.[C-]#[N+]/C(C)=C\C=C\c1ccc(N(CC)CC)cc1. The molecular weight excluding hydrogens is 446 g/mol. The van der Waals surface area contributed by atoms with Crippen LogP contribution >= 0.6 is 0 Å². The Morgan fingerprint density at radius 3 is 2.14 bits per heavy atom. The fourth-order valence-electron chi connectivity index (χ4n) is 3.57. The fourth-order valence-corrected chi connectivity index (χ4v) is 3.57. The molecule has 2 aromatic rings. The number of allylic oxidation sites excluding steroid dienone is 4. The second kappa shape index (κ2) is 15.6. The summed E-state index contributed by atoms with van der Waals surface area (Å²) in [6.45, 7) is 25.2. The summed E-state index contributed by atoms with van der Waals surface area (Å²) in [7, 11) is 0. The maximum atomic E-state index is 8.69. The lowest BCUT2D eigenvalue weighted by molar-refractivity contribution is 0.122. The fraction of sp³-hybridized carbons (Fsp3) is 0.300. The van der Waals surface area contributed by atoms with E-state index in [4.69, 9.17) is 23.1 Å². The Hall–Kier alpha value is -4.31. The van der Waals surface area contributed by atoms with Crippen molar-refractivity contribution in [2.75, 3.05) is 49.2 Å². The minimum Gasteiger partial charge on any atom is -0.378 e. The first-order valence-corrected chi connectivity index (χ1v) is 12.0. The van der Waals surface area contributed by atoms with Crippen LogP contribution in [0, 0.1) is 24.5 Å². The molecule has 0 atom stereocenters. The Labute approximate surface area is 215 Å². The van der Waals surface area contributed by atoms with Crippen molar-refractivity contribution in [2.45, 2.75) is 20.8 Å². The molecule has 184 valence electrons. The molecule has 0 saturated carbocycles. The first-order chi connectivity index (χ1) is 17.5. The largest absolute Gasteiger partial charge is 0.378 e. The highest BCUT2D eigenvalue weighted by Gasteiger charge is 2.10. The van der Waals surface area contributed by atoms with Crippen molar-refractivity contribution in [1.29, 1.82) is 5.26 Å². The monoisotopic (exact) mass is 479 g/mol. The number of nitriles is 1. The smallest absolute Gasteiger partial charge is 0.262 e. The van der Waals surface area contributed by atoms with Gasteiger partial charge in [0.05, 0.1) is 32.4 Å². The van der Waals surface area contributed by atoms with E-state index in [-0.39, 0.29) is 5.70 Å². The highest BCUT2D eigenvalue weighted by atomic mass is 16.5. The second-order valence-electron chi connectivity index (χ2n) is 7.99.